The third-order valence-corrected chi connectivity index (χ3v) is 1.80. The molecule has 3 nitrogen and oxygen atoms in total. The minimum Gasteiger partial charge on any atom is -0.399 e. The molecule has 0 aliphatic heterocycles. The van der Waals surface area contributed by atoms with Gasteiger partial charge in [-0.25, -0.2) is 0 Å². The van der Waals surface area contributed by atoms with E-state index < -0.39 is 0 Å². The van der Waals surface area contributed by atoms with E-state index in [0.29, 0.717) is 11.4 Å². The van der Waals surface area contributed by atoms with Gasteiger partial charge < -0.3 is 11.5 Å². The third kappa shape index (κ3) is 1.56. The van der Waals surface area contributed by atoms with E-state index in [1.54, 1.807) is 13.1 Å². The average molecular weight is 163 g/mol. The van der Waals surface area contributed by atoms with Crippen molar-refractivity contribution in [2.75, 3.05) is 18.5 Å². The van der Waals surface area contributed by atoms with Gasteiger partial charge in [-0.05, 0) is 25.1 Å². The van der Waals surface area contributed by atoms with Gasteiger partial charge in [-0.15, -0.1) is 0 Å². The molecule has 0 saturated carbocycles. The molecule has 0 atom stereocenters. The average Bonchev–Trinajstić information content (AvgIpc) is 2.03. The number of nitrogens with two attached hydrogens (primary N) is 2. The van der Waals surface area contributed by atoms with E-state index in [-0.39, 0.29) is 0 Å². The van der Waals surface area contributed by atoms with Crippen LogP contribution in [0.3, 0.4) is 0 Å². The van der Waals surface area contributed by atoms with Crippen molar-refractivity contribution in [1.29, 1.82) is 0 Å². The van der Waals surface area contributed by atoms with E-state index in [9.17, 15) is 0 Å². The maximum atomic E-state index is 5.74. The highest BCUT2D eigenvalue weighted by Crippen LogP contribution is 2.16. The number of anilines is 2. The predicted molar refractivity (Wildman–Crippen MR) is 53.4 cm³/mol. The summed E-state index contributed by atoms with van der Waals surface area (Å²) in [6, 6.07) is 5.44. The Morgan fingerprint density at radius 3 is 2.50 bits per heavy atom. The molecule has 1 aromatic carbocycles. The van der Waals surface area contributed by atoms with Gasteiger partial charge in [-0.2, -0.15) is 0 Å². The predicted octanol–water partition coefficient (Wildman–Crippen LogP) is 1.29. The van der Waals surface area contributed by atoms with Crippen molar-refractivity contribution in [2.45, 2.75) is 6.92 Å². The van der Waals surface area contributed by atoms with E-state index in [1.807, 2.05) is 19.1 Å². The zero-order chi connectivity index (χ0) is 9.14. The molecule has 0 aromatic heterocycles. The van der Waals surface area contributed by atoms with Gasteiger partial charge in [0, 0.05) is 29.7 Å². The second-order valence-electron chi connectivity index (χ2n) is 2.66. The maximum absolute atomic E-state index is 5.74. The first-order chi connectivity index (χ1) is 5.65. The number of benzene rings is 1. The summed E-state index contributed by atoms with van der Waals surface area (Å²) in [4.78, 5) is 4.05. The Morgan fingerprint density at radius 2 is 2.00 bits per heavy atom. The van der Waals surface area contributed by atoms with Crippen LogP contribution in [0.15, 0.2) is 23.2 Å². The summed E-state index contributed by atoms with van der Waals surface area (Å²) in [7, 11) is 1.74. The summed E-state index contributed by atoms with van der Waals surface area (Å²) < 4.78 is 0. The van der Waals surface area contributed by atoms with Gasteiger partial charge in [0.15, 0.2) is 0 Å². The zero-order valence-electron chi connectivity index (χ0n) is 7.33. The van der Waals surface area contributed by atoms with Crippen molar-refractivity contribution >= 4 is 17.1 Å². The molecule has 1 aromatic rings. The van der Waals surface area contributed by atoms with E-state index >= 15 is 0 Å². The van der Waals surface area contributed by atoms with Crippen LogP contribution in [0.5, 0.6) is 0 Å². The summed E-state index contributed by atoms with van der Waals surface area (Å²) in [5.41, 5.74) is 14.5. The van der Waals surface area contributed by atoms with E-state index in [4.69, 9.17) is 11.5 Å². The van der Waals surface area contributed by atoms with Crippen molar-refractivity contribution in [2.24, 2.45) is 4.99 Å². The van der Waals surface area contributed by atoms with Gasteiger partial charge in [-0.1, -0.05) is 0 Å². The van der Waals surface area contributed by atoms with E-state index in [2.05, 4.69) is 4.99 Å². The Morgan fingerprint density at radius 1 is 1.33 bits per heavy atom. The lowest BCUT2D eigenvalue weighted by Crippen LogP contribution is -2.01. The number of nitrogens with zero attached hydrogens (tertiary/aromatic N) is 1. The smallest absolute Gasteiger partial charge is 0.0426 e. The second kappa shape index (κ2) is 3.26. The number of hydrogen-bond acceptors (Lipinski definition) is 3. The second-order valence-corrected chi connectivity index (χ2v) is 2.66. The number of hydrogen-bond donors (Lipinski definition) is 2. The third-order valence-electron chi connectivity index (χ3n) is 1.80. The van der Waals surface area contributed by atoms with Crippen LogP contribution in [-0.4, -0.2) is 12.8 Å². The van der Waals surface area contributed by atoms with Gasteiger partial charge in [0.05, 0.1) is 0 Å². The van der Waals surface area contributed by atoms with Crippen molar-refractivity contribution in [3.8, 4) is 0 Å². The first-order valence-corrected chi connectivity index (χ1v) is 3.74. The molecule has 4 N–H and O–H groups in total. The SMILES string of the molecule is CN=C(C)c1ccc(N)cc1N. The molecular formula is C9H13N3. The monoisotopic (exact) mass is 163 g/mol. The van der Waals surface area contributed by atoms with Crippen LogP contribution < -0.4 is 11.5 Å². The topological polar surface area (TPSA) is 64.4 Å². The molecular weight excluding hydrogens is 150 g/mol. The standard InChI is InChI=1S/C9H13N3/c1-6(12-2)8-4-3-7(10)5-9(8)11/h3-5H,10-11H2,1-2H3. The van der Waals surface area contributed by atoms with Gasteiger partial charge in [0.2, 0.25) is 0 Å². The van der Waals surface area contributed by atoms with Crippen LogP contribution in [0.2, 0.25) is 0 Å². The van der Waals surface area contributed by atoms with Crippen LogP contribution in [0.25, 0.3) is 0 Å². The summed E-state index contributed by atoms with van der Waals surface area (Å²) in [5.74, 6) is 0. The van der Waals surface area contributed by atoms with Crippen LogP contribution in [0.4, 0.5) is 11.4 Å². The normalized spacial score (nSPS) is 11.7. The molecule has 0 fully saturated rings. The van der Waals surface area contributed by atoms with Crippen molar-refractivity contribution in [1.82, 2.24) is 0 Å². The maximum Gasteiger partial charge on any atom is 0.0426 e. The van der Waals surface area contributed by atoms with Gasteiger partial charge in [-0.3, -0.25) is 4.99 Å². The quantitative estimate of drug-likeness (QED) is 0.484. The fraction of sp³-hybridized carbons (Fsp3) is 0.222. The van der Waals surface area contributed by atoms with Gasteiger partial charge in [0.1, 0.15) is 0 Å². The molecule has 0 saturated heterocycles. The van der Waals surface area contributed by atoms with Crippen molar-refractivity contribution < 1.29 is 0 Å². The highest BCUT2D eigenvalue weighted by Gasteiger charge is 2.01. The van der Waals surface area contributed by atoms with Crippen LogP contribution in [-0.2, 0) is 0 Å². The summed E-state index contributed by atoms with van der Waals surface area (Å²) in [6.07, 6.45) is 0. The zero-order valence-corrected chi connectivity index (χ0v) is 7.33. The van der Waals surface area contributed by atoms with Crippen LogP contribution in [0.1, 0.15) is 12.5 Å². The molecule has 0 heterocycles. The molecule has 12 heavy (non-hydrogen) atoms. The molecule has 0 amide bonds. The Labute approximate surface area is 72.1 Å². The first-order valence-electron chi connectivity index (χ1n) is 3.74. The number of rotatable bonds is 1. The summed E-state index contributed by atoms with van der Waals surface area (Å²) in [6.45, 7) is 1.92. The lowest BCUT2D eigenvalue weighted by molar-refractivity contribution is 1.41. The molecule has 0 aliphatic rings. The lowest BCUT2D eigenvalue weighted by Gasteiger charge is -2.04. The molecule has 1 rings (SSSR count). The van der Waals surface area contributed by atoms with Gasteiger partial charge >= 0.3 is 0 Å². The molecule has 0 spiro atoms. The minimum absolute atomic E-state index is 0.679. The number of nitrogen functional groups attached to an aromatic ring is 2. The van der Waals surface area contributed by atoms with Crippen LogP contribution in [0, 0.1) is 0 Å². The highest BCUT2D eigenvalue weighted by atomic mass is 14.7. The van der Waals surface area contributed by atoms with Crippen LogP contribution >= 0.6 is 0 Å². The highest BCUT2D eigenvalue weighted by molar-refractivity contribution is 6.03. The Bertz CT molecular complexity index is 316. The van der Waals surface area contributed by atoms with Crippen molar-refractivity contribution in [3.05, 3.63) is 23.8 Å². The molecule has 3 heteroatoms. The minimum atomic E-state index is 0.679. The fourth-order valence-electron chi connectivity index (χ4n) is 1.03. The molecule has 0 aliphatic carbocycles. The first kappa shape index (κ1) is 8.59. The van der Waals surface area contributed by atoms with E-state index in [0.717, 1.165) is 11.3 Å². The Balaban J connectivity index is 3.18. The molecule has 0 radical (unpaired) electrons. The Hall–Kier alpha value is -1.51. The molecule has 0 unspecified atom stereocenters. The largest absolute Gasteiger partial charge is 0.399 e. The lowest BCUT2D eigenvalue weighted by atomic mass is 10.1. The fourth-order valence-corrected chi connectivity index (χ4v) is 1.03. The van der Waals surface area contributed by atoms with Crippen molar-refractivity contribution in [3.63, 3.8) is 0 Å². The van der Waals surface area contributed by atoms with E-state index in [1.165, 1.54) is 0 Å². The summed E-state index contributed by atoms with van der Waals surface area (Å²) >= 11 is 0. The summed E-state index contributed by atoms with van der Waals surface area (Å²) in [5, 5.41) is 0. The Kier molecular flexibility index (Phi) is 2.33. The van der Waals surface area contributed by atoms with Gasteiger partial charge in [0.25, 0.3) is 0 Å². The number of aliphatic imine (C=N–C) groups is 1. The molecule has 0 bridgehead atoms. The molecule has 64 valence electrons.